The van der Waals surface area contributed by atoms with Crippen LogP contribution in [-0.2, 0) is 7.05 Å². The van der Waals surface area contributed by atoms with E-state index in [1.165, 1.54) is 0 Å². The summed E-state index contributed by atoms with van der Waals surface area (Å²) in [4.78, 5) is 4.31. The van der Waals surface area contributed by atoms with E-state index < -0.39 is 0 Å². The average Bonchev–Trinajstić information content (AvgIpc) is 2.59. The molecule has 0 unspecified atom stereocenters. The molecular formula is C12H15N3O. The first-order valence-electron chi connectivity index (χ1n) is 5.58. The fourth-order valence-corrected chi connectivity index (χ4v) is 1.97. The lowest BCUT2D eigenvalue weighted by molar-refractivity contribution is 0.200. The first kappa shape index (κ1) is 9.66. The summed E-state index contributed by atoms with van der Waals surface area (Å²) in [7, 11) is 1.99. The molecule has 2 heterocycles. The van der Waals surface area contributed by atoms with E-state index in [9.17, 15) is 0 Å². The van der Waals surface area contributed by atoms with Gasteiger partial charge >= 0.3 is 0 Å². The second-order valence-corrected chi connectivity index (χ2v) is 4.31. The quantitative estimate of drug-likeness (QED) is 0.839. The van der Waals surface area contributed by atoms with Gasteiger partial charge in [0.2, 0.25) is 0 Å². The molecule has 0 atom stereocenters. The Morgan fingerprint density at radius 1 is 1.50 bits per heavy atom. The first-order valence-corrected chi connectivity index (χ1v) is 5.58. The Balaban J connectivity index is 1.86. The molecule has 4 heteroatoms. The van der Waals surface area contributed by atoms with Gasteiger partial charge in [0, 0.05) is 26.1 Å². The summed E-state index contributed by atoms with van der Waals surface area (Å²) in [5.41, 5.74) is 2.07. The molecule has 16 heavy (non-hydrogen) atoms. The van der Waals surface area contributed by atoms with Gasteiger partial charge in [-0.3, -0.25) is 0 Å². The maximum Gasteiger partial charge on any atom is 0.145 e. The minimum absolute atomic E-state index is 0.656. The van der Waals surface area contributed by atoms with E-state index in [4.69, 9.17) is 4.74 Å². The van der Waals surface area contributed by atoms with Crippen molar-refractivity contribution in [3.8, 4) is 5.75 Å². The number of imidazole rings is 1. The molecule has 4 nitrogen and oxygen atoms in total. The summed E-state index contributed by atoms with van der Waals surface area (Å²) in [6, 6.07) is 6.01. The van der Waals surface area contributed by atoms with Crippen LogP contribution < -0.4 is 10.1 Å². The number of para-hydroxylation sites is 1. The number of fused-ring (bicyclic) bond motifs is 1. The summed E-state index contributed by atoms with van der Waals surface area (Å²) < 4.78 is 7.87. The van der Waals surface area contributed by atoms with E-state index in [2.05, 4.69) is 10.3 Å². The van der Waals surface area contributed by atoms with E-state index in [-0.39, 0.29) is 0 Å². The molecule has 1 saturated heterocycles. The zero-order chi connectivity index (χ0) is 11.0. The van der Waals surface area contributed by atoms with Gasteiger partial charge in [0.25, 0.3) is 0 Å². The van der Waals surface area contributed by atoms with Gasteiger partial charge in [-0.1, -0.05) is 6.07 Å². The largest absolute Gasteiger partial charge is 0.491 e. The fraction of sp³-hybridized carbons (Fsp3) is 0.417. The van der Waals surface area contributed by atoms with Crippen molar-refractivity contribution >= 4 is 11.0 Å². The molecule has 0 saturated carbocycles. The lowest BCUT2D eigenvalue weighted by Crippen LogP contribution is -2.45. The lowest BCUT2D eigenvalue weighted by atomic mass is 10.1. The molecule has 1 N–H and O–H groups in total. The summed E-state index contributed by atoms with van der Waals surface area (Å²) in [6.45, 7) is 2.93. The van der Waals surface area contributed by atoms with Crippen LogP contribution in [0.1, 0.15) is 0 Å². The Morgan fingerprint density at radius 2 is 2.38 bits per heavy atom. The van der Waals surface area contributed by atoms with Crippen LogP contribution in [0.2, 0.25) is 0 Å². The molecule has 0 bridgehead atoms. The summed E-state index contributed by atoms with van der Waals surface area (Å²) in [6.07, 6.45) is 1.82. The Bertz CT molecular complexity index is 502. The molecule has 3 rings (SSSR count). The number of nitrogens with zero attached hydrogens (tertiary/aromatic N) is 2. The highest BCUT2D eigenvalue weighted by Gasteiger charge is 2.18. The van der Waals surface area contributed by atoms with Crippen LogP contribution in [0.25, 0.3) is 11.0 Å². The minimum atomic E-state index is 0.656. The normalized spacial score (nSPS) is 16.3. The highest BCUT2D eigenvalue weighted by atomic mass is 16.5. The number of rotatable bonds is 3. The van der Waals surface area contributed by atoms with Crippen LogP contribution in [0.4, 0.5) is 0 Å². The third-order valence-electron chi connectivity index (χ3n) is 3.04. The Hall–Kier alpha value is -1.55. The van der Waals surface area contributed by atoms with E-state index >= 15 is 0 Å². The first-order chi connectivity index (χ1) is 7.84. The van der Waals surface area contributed by atoms with Crippen LogP contribution in [0.3, 0.4) is 0 Å². The predicted molar refractivity (Wildman–Crippen MR) is 62.6 cm³/mol. The monoisotopic (exact) mass is 217 g/mol. The maximum absolute atomic E-state index is 5.86. The Kier molecular flexibility index (Phi) is 2.29. The average molecular weight is 217 g/mol. The van der Waals surface area contributed by atoms with Crippen molar-refractivity contribution in [1.29, 1.82) is 0 Å². The third kappa shape index (κ3) is 1.55. The molecular weight excluding hydrogens is 202 g/mol. The second kappa shape index (κ2) is 3.79. The molecule has 1 aromatic carbocycles. The molecule has 0 amide bonds. The Labute approximate surface area is 94.2 Å². The molecule has 0 radical (unpaired) electrons. The van der Waals surface area contributed by atoms with Crippen LogP contribution in [0, 0.1) is 5.92 Å². The molecule has 84 valence electrons. The van der Waals surface area contributed by atoms with Crippen molar-refractivity contribution in [1.82, 2.24) is 14.9 Å². The van der Waals surface area contributed by atoms with Gasteiger partial charge in [0.1, 0.15) is 11.3 Å². The van der Waals surface area contributed by atoms with Crippen molar-refractivity contribution in [2.75, 3.05) is 19.7 Å². The SMILES string of the molecule is Cn1cnc2cccc(OCC3CNC3)c21. The Morgan fingerprint density at radius 3 is 3.12 bits per heavy atom. The van der Waals surface area contributed by atoms with E-state index in [1.54, 1.807) is 0 Å². The van der Waals surface area contributed by atoms with Crippen LogP contribution in [0.15, 0.2) is 24.5 Å². The molecule has 1 aromatic heterocycles. The number of ether oxygens (including phenoxy) is 1. The van der Waals surface area contributed by atoms with Crippen molar-refractivity contribution in [2.45, 2.75) is 0 Å². The van der Waals surface area contributed by atoms with E-state index in [1.807, 2.05) is 36.1 Å². The second-order valence-electron chi connectivity index (χ2n) is 4.31. The third-order valence-corrected chi connectivity index (χ3v) is 3.04. The molecule has 0 aliphatic carbocycles. The topological polar surface area (TPSA) is 39.1 Å². The van der Waals surface area contributed by atoms with Crippen LogP contribution in [0.5, 0.6) is 5.75 Å². The summed E-state index contributed by atoms with van der Waals surface area (Å²) in [5.74, 6) is 1.59. The molecule has 0 spiro atoms. The van der Waals surface area contributed by atoms with Gasteiger partial charge in [0.15, 0.2) is 0 Å². The standard InChI is InChI=1S/C12H15N3O/c1-15-8-14-10-3-2-4-11(12(10)15)16-7-9-5-13-6-9/h2-4,8-9,13H,5-7H2,1H3. The van der Waals surface area contributed by atoms with Gasteiger partial charge in [-0.2, -0.15) is 0 Å². The number of hydrogen-bond acceptors (Lipinski definition) is 3. The zero-order valence-electron chi connectivity index (χ0n) is 9.31. The minimum Gasteiger partial charge on any atom is -0.491 e. The number of aromatic nitrogens is 2. The molecule has 1 aliphatic rings. The predicted octanol–water partition coefficient (Wildman–Crippen LogP) is 1.17. The molecule has 1 fully saturated rings. The van der Waals surface area contributed by atoms with Crippen molar-refractivity contribution in [2.24, 2.45) is 13.0 Å². The summed E-state index contributed by atoms with van der Waals surface area (Å²) in [5, 5.41) is 3.24. The van der Waals surface area contributed by atoms with Crippen LogP contribution >= 0.6 is 0 Å². The van der Waals surface area contributed by atoms with Crippen molar-refractivity contribution < 1.29 is 4.74 Å². The van der Waals surface area contributed by atoms with Crippen molar-refractivity contribution in [3.63, 3.8) is 0 Å². The fourth-order valence-electron chi connectivity index (χ4n) is 1.97. The van der Waals surface area contributed by atoms with Gasteiger partial charge in [-0.05, 0) is 12.1 Å². The van der Waals surface area contributed by atoms with E-state index in [0.717, 1.165) is 36.5 Å². The summed E-state index contributed by atoms with van der Waals surface area (Å²) >= 11 is 0. The van der Waals surface area contributed by atoms with Gasteiger partial charge in [-0.25, -0.2) is 4.98 Å². The number of hydrogen-bond donors (Lipinski definition) is 1. The highest BCUT2D eigenvalue weighted by molar-refractivity contribution is 5.81. The highest BCUT2D eigenvalue weighted by Crippen LogP contribution is 2.24. The van der Waals surface area contributed by atoms with Crippen molar-refractivity contribution in [3.05, 3.63) is 24.5 Å². The maximum atomic E-state index is 5.86. The van der Waals surface area contributed by atoms with Gasteiger partial charge in [0.05, 0.1) is 18.5 Å². The van der Waals surface area contributed by atoms with Crippen LogP contribution in [-0.4, -0.2) is 29.2 Å². The molecule has 2 aromatic rings. The van der Waals surface area contributed by atoms with Gasteiger partial charge < -0.3 is 14.6 Å². The lowest BCUT2D eigenvalue weighted by Gasteiger charge is -2.26. The molecule has 1 aliphatic heterocycles. The number of aryl methyl sites for hydroxylation is 1. The van der Waals surface area contributed by atoms with E-state index in [0.29, 0.717) is 5.92 Å². The zero-order valence-corrected chi connectivity index (χ0v) is 9.31. The van der Waals surface area contributed by atoms with Gasteiger partial charge in [-0.15, -0.1) is 0 Å². The number of nitrogens with one attached hydrogen (secondary N) is 1. The smallest absolute Gasteiger partial charge is 0.145 e. The number of benzene rings is 1.